The van der Waals surface area contributed by atoms with Gasteiger partial charge in [-0.25, -0.2) is 4.79 Å². The maximum atomic E-state index is 11.9. The van der Waals surface area contributed by atoms with Gasteiger partial charge in [0, 0.05) is 37.0 Å². The molecular formula is C19H29ClN2O3. The molecule has 0 saturated carbocycles. The first-order chi connectivity index (χ1) is 11.7. The summed E-state index contributed by atoms with van der Waals surface area (Å²) in [4.78, 5) is 26.8. The van der Waals surface area contributed by atoms with Crippen LogP contribution in [-0.4, -0.2) is 57.8 Å². The number of hydrogen-bond donors (Lipinski definition) is 1. The smallest absolute Gasteiger partial charge is 0.408 e. The number of benzene rings is 1. The van der Waals surface area contributed by atoms with E-state index in [2.05, 4.69) is 4.90 Å². The van der Waals surface area contributed by atoms with E-state index < -0.39 is 23.6 Å². The predicted octanol–water partition coefficient (Wildman–Crippen LogP) is 3.71. The molecule has 0 aromatic heterocycles. The van der Waals surface area contributed by atoms with Crippen molar-refractivity contribution in [2.24, 2.45) is 5.92 Å². The molecule has 0 aliphatic rings. The molecule has 1 amide bonds. The van der Waals surface area contributed by atoms with E-state index >= 15 is 0 Å². The number of halogens is 1. The fourth-order valence-corrected chi connectivity index (χ4v) is 3.20. The first kappa shape index (κ1) is 21.5. The number of carbonyl (C=O) groups is 2. The molecule has 0 aliphatic carbocycles. The molecule has 1 aromatic rings. The minimum absolute atomic E-state index is 0.413. The van der Waals surface area contributed by atoms with Gasteiger partial charge < -0.3 is 9.90 Å². The second-order valence-corrected chi connectivity index (χ2v) is 7.67. The molecule has 140 valence electrons. The number of nitrogens with zero attached hydrogens (tertiary/aromatic N) is 2. The van der Waals surface area contributed by atoms with E-state index in [9.17, 15) is 14.7 Å². The Hall–Kier alpha value is -1.59. The van der Waals surface area contributed by atoms with Crippen molar-refractivity contribution < 1.29 is 14.7 Å². The lowest BCUT2D eigenvalue weighted by Gasteiger charge is -2.43. The summed E-state index contributed by atoms with van der Waals surface area (Å²) in [5.74, 6) is 0.0290. The van der Waals surface area contributed by atoms with E-state index in [-0.39, 0.29) is 0 Å². The maximum Gasteiger partial charge on any atom is 0.408 e. The van der Waals surface area contributed by atoms with E-state index in [1.54, 1.807) is 6.92 Å². The van der Waals surface area contributed by atoms with Gasteiger partial charge in [0.05, 0.1) is 6.04 Å². The molecule has 1 N–H and O–H groups in total. The van der Waals surface area contributed by atoms with Gasteiger partial charge in [-0.05, 0) is 26.3 Å². The molecule has 2 unspecified atom stereocenters. The zero-order chi connectivity index (χ0) is 19.0. The monoisotopic (exact) mass is 368 g/mol. The Labute approximate surface area is 155 Å². The van der Waals surface area contributed by atoms with Crippen LogP contribution in [0.15, 0.2) is 30.3 Å². The van der Waals surface area contributed by atoms with Gasteiger partial charge in [-0.2, -0.15) is 0 Å². The Morgan fingerprint density at radius 3 is 2.32 bits per heavy atom. The molecule has 25 heavy (non-hydrogen) atoms. The highest BCUT2D eigenvalue weighted by molar-refractivity contribution is 6.18. The van der Waals surface area contributed by atoms with Gasteiger partial charge in [0.1, 0.15) is 6.29 Å². The molecule has 6 heteroatoms. The van der Waals surface area contributed by atoms with Crippen molar-refractivity contribution in [2.75, 3.05) is 19.0 Å². The maximum absolute atomic E-state index is 11.9. The highest BCUT2D eigenvalue weighted by Gasteiger charge is 2.37. The molecule has 0 fully saturated rings. The summed E-state index contributed by atoms with van der Waals surface area (Å²) in [5, 5.41) is 9.72. The lowest BCUT2D eigenvalue weighted by molar-refractivity contribution is -0.113. The summed E-state index contributed by atoms with van der Waals surface area (Å²) in [7, 11) is 0. The molecular weight excluding hydrogens is 340 g/mol. The van der Waals surface area contributed by atoms with Crippen molar-refractivity contribution in [3.05, 3.63) is 35.9 Å². The molecule has 1 rings (SSSR count). The van der Waals surface area contributed by atoms with E-state index in [0.29, 0.717) is 25.5 Å². The molecule has 1 aromatic carbocycles. The lowest BCUT2D eigenvalue weighted by atomic mass is 9.95. The van der Waals surface area contributed by atoms with Crippen molar-refractivity contribution in [2.45, 2.75) is 45.8 Å². The van der Waals surface area contributed by atoms with Crippen LogP contribution in [0.4, 0.5) is 4.79 Å². The Kier molecular flexibility index (Phi) is 8.39. The number of amides is 1. The van der Waals surface area contributed by atoms with Gasteiger partial charge in [0.25, 0.3) is 0 Å². The van der Waals surface area contributed by atoms with Crippen LogP contribution in [0.2, 0.25) is 0 Å². The van der Waals surface area contributed by atoms with Gasteiger partial charge >= 0.3 is 6.09 Å². The standard InChI is InChI=1S/C19H29ClN2O3/c1-15(14-23)17(22(18(24)25)19(2,3)4)13-21(11-10-20)12-16-8-6-5-7-9-16/h5-9,14-15,17H,10-13H2,1-4H3,(H,24,25). The van der Waals surface area contributed by atoms with Crippen LogP contribution in [0.1, 0.15) is 33.3 Å². The van der Waals surface area contributed by atoms with Crippen LogP contribution in [0.25, 0.3) is 0 Å². The molecule has 0 bridgehead atoms. The number of carbonyl (C=O) groups excluding carboxylic acids is 1. The fraction of sp³-hybridized carbons (Fsp3) is 0.579. The summed E-state index contributed by atoms with van der Waals surface area (Å²) in [6.07, 6.45) is -0.190. The highest BCUT2D eigenvalue weighted by Crippen LogP contribution is 2.23. The lowest BCUT2D eigenvalue weighted by Crippen LogP contribution is -2.57. The quantitative estimate of drug-likeness (QED) is 0.533. The summed E-state index contributed by atoms with van der Waals surface area (Å²) >= 11 is 5.95. The average molecular weight is 369 g/mol. The van der Waals surface area contributed by atoms with Crippen LogP contribution in [-0.2, 0) is 11.3 Å². The molecule has 0 heterocycles. The van der Waals surface area contributed by atoms with Crippen molar-refractivity contribution >= 4 is 24.0 Å². The molecule has 0 spiro atoms. The Balaban J connectivity index is 3.07. The van der Waals surface area contributed by atoms with E-state index in [4.69, 9.17) is 11.6 Å². The minimum Gasteiger partial charge on any atom is -0.465 e. The van der Waals surface area contributed by atoms with Crippen molar-refractivity contribution in [1.29, 1.82) is 0 Å². The number of alkyl halides is 1. The van der Waals surface area contributed by atoms with E-state index in [1.807, 2.05) is 51.1 Å². The average Bonchev–Trinajstić information content (AvgIpc) is 2.53. The third-order valence-corrected chi connectivity index (χ3v) is 4.35. The van der Waals surface area contributed by atoms with Gasteiger partial charge in [-0.3, -0.25) is 9.80 Å². The Bertz CT molecular complexity index is 545. The van der Waals surface area contributed by atoms with Crippen LogP contribution >= 0.6 is 11.6 Å². The van der Waals surface area contributed by atoms with Crippen LogP contribution in [0.5, 0.6) is 0 Å². The van der Waals surface area contributed by atoms with Crippen molar-refractivity contribution in [3.8, 4) is 0 Å². The second kappa shape index (κ2) is 9.78. The number of carboxylic acid groups (broad SMARTS) is 1. The zero-order valence-corrected chi connectivity index (χ0v) is 16.2. The third kappa shape index (κ3) is 6.67. The molecule has 2 atom stereocenters. The molecule has 5 nitrogen and oxygen atoms in total. The predicted molar refractivity (Wildman–Crippen MR) is 101 cm³/mol. The van der Waals surface area contributed by atoms with Crippen molar-refractivity contribution in [1.82, 2.24) is 9.80 Å². The summed E-state index contributed by atoms with van der Waals surface area (Å²) in [6.45, 7) is 9.02. The Morgan fingerprint density at radius 2 is 1.88 bits per heavy atom. The van der Waals surface area contributed by atoms with Gasteiger partial charge in [-0.15, -0.1) is 11.6 Å². The second-order valence-electron chi connectivity index (χ2n) is 7.30. The summed E-state index contributed by atoms with van der Waals surface area (Å²) < 4.78 is 0. The van der Waals surface area contributed by atoms with Crippen LogP contribution in [0, 0.1) is 5.92 Å². The molecule has 0 radical (unpaired) electrons. The summed E-state index contributed by atoms with van der Waals surface area (Å²) in [5.41, 5.74) is 0.524. The summed E-state index contributed by atoms with van der Waals surface area (Å²) in [6, 6.07) is 9.51. The SMILES string of the molecule is CC(C=O)C(CN(CCCl)Cc1ccccc1)N(C(=O)O)C(C)(C)C. The Morgan fingerprint density at radius 1 is 1.28 bits per heavy atom. The molecule has 0 saturated heterocycles. The number of hydrogen-bond acceptors (Lipinski definition) is 3. The zero-order valence-electron chi connectivity index (χ0n) is 15.5. The number of aldehydes is 1. The largest absolute Gasteiger partial charge is 0.465 e. The normalized spacial score (nSPS) is 14.2. The van der Waals surface area contributed by atoms with E-state index in [1.165, 1.54) is 4.90 Å². The van der Waals surface area contributed by atoms with Gasteiger partial charge in [0.15, 0.2) is 0 Å². The minimum atomic E-state index is -1.02. The molecule has 0 aliphatic heterocycles. The van der Waals surface area contributed by atoms with Gasteiger partial charge in [-0.1, -0.05) is 37.3 Å². The fourth-order valence-electron chi connectivity index (χ4n) is 2.96. The van der Waals surface area contributed by atoms with Gasteiger partial charge in [0.2, 0.25) is 0 Å². The highest BCUT2D eigenvalue weighted by atomic mass is 35.5. The third-order valence-electron chi connectivity index (χ3n) is 4.18. The van der Waals surface area contributed by atoms with Crippen LogP contribution in [0.3, 0.4) is 0 Å². The van der Waals surface area contributed by atoms with Crippen molar-refractivity contribution in [3.63, 3.8) is 0 Å². The number of rotatable bonds is 9. The first-order valence-corrected chi connectivity index (χ1v) is 9.04. The topological polar surface area (TPSA) is 60.9 Å². The first-order valence-electron chi connectivity index (χ1n) is 8.50. The van der Waals surface area contributed by atoms with E-state index in [0.717, 1.165) is 11.8 Å². The van der Waals surface area contributed by atoms with Crippen LogP contribution < -0.4 is 0 Å².